The summed E-state index contributed by atoms with van der Waals surface area (Å²) in [6, 6.07) is 8.57. The maximum Gasteiger partial charge on any atom is 0.269 e. The summed E-state index contributed by atoms with van der Waals surface area (Å²) in [4.78, 5) is 18.7. The van der Waals surface area contributed by atoms with Gasteiger partial charge in [-0.2, -0.15) is 0 Å². The highest BCUT2D eigenvalue weighted by Gasteiger charge is 2.37. The number of hydrogen-bond donors (Lipinski definition) is 1. The average molecular weight is 366 g/mol. The summed E-state index contributed by atoms with van der Waals surface area (Å²) in [5.74, 6) is 1.11. The molecule has 0 spiro atoms. The highest BCUT2D eigenvalue weighted by atomic mass is 35.5. The Labute approximate surface area is 150 Å². The van der Waals surface area contributed by atoms with Crippen molar-refractivity contribution < 1.29 is 9.53 Å². The van der Waals surface area contributed by atoms with Gasteiger partial charge in [0.1, 0.15) is 5.82 Å². The second kappa shape index (κ2) is 6.49. The van der Waals surface area contributed by atoms with Gasteiger partial charge in [-0.05, 0) is 35.7 Å². The summed E-state index contributed by atoms with van der Waals surface area (Å²) in [5.41, 5.74) is 6.55. The Morgan fingerprint density at radius 2 is 2.04 bits per heavy atom. The Kier molecular flexibility index (Phi) is 4.56. The van der Waals surface area contributed by atoms with Crippen LogP contribution in [0.1, 0.15) is 19.4 Å². The number of anilines is 2. The molecule has 5 nitrogen and oxygen atoms in total. The largest absolute Gasteiger partial charge is 0.476 e. The summed E-state index contributed by atoms with van der Waals surface area (Å²) in [6.07, 6.45) is -0.575. The van der Waals surface area contributed by atoms with Crippen LogP contribution in [0, 0.1) is 5.92 Å². The molecule has 0 bridgehead atoms. The lowest BCUT2D eigenvalue weighted by molar-refractivity contribution is -0.128. The minimum atomic E-state index is -0.575. The van der Waals surface area contributed by atoms with Gasteiger partial charge in [-0.1, -0.05) is 43.1 Å². The molecule has 0 radical (unpaired) electrons. The van der Waals surface area contributed by atoms with Crippen LogP contribution in [-0.2, 0) is 11.3 Å². The van der Waals surface area contributed by atoms with Gasteiger partial charge < -0.3 is 10.5 Å². The summed E-state index contributed by atoms with van der Waals surface area (Å²) >= 11 is 12.2. The van der Waals surface area contributed by atoms with Gasteiger partial charge in [-0.25, -0.2) is 4.98 Å². The second-order valence-corrected chi connectivity index (χ2v) is 6.84. The molecule has 1 atom stereocenters. The third kappa shape index (κ3) is 3.14. The first-order valence-corrected chi connectivity index (χ1v) is 8.31. The van der Waals surface area contributed by atoms with E-state index in [4.69, 9.17) is 33.7 Å². The molecule has 24 heavy (non-hydrogen) atoms. The molecule has 1 amide bonds. The Bertz CT molecular complexity index is 795. The molecular weight excluding hydrogens is 349 g/mol. The number of amides is 1. The quantitative estimate of drug-likeness (QED) is 0.894. The SMILES string of the molecule is CC(C)C1Oc2ccc(N)nc2N(Cc2ccc(Cl)cc2Cl)C1=O. The predicted octanol–water partition coefficient (Wildman–Crippen LogP) is 3.92. The third-order valence-corrected chi connectivity index (χ3v) is 4.42. The van der Waals surface area contributed by atoms with Gasteiger partial charge in [0.2, 0.25) is 0 Å². The number of rotatable bonds is 3. The molecule has 3 rings (SSSR count). The minimum Gasteiger partial charge on any atom is -0.476 e. The monoisotopic (exact) mass is 365 g/mol. The number of halogens is 2. The number of benzene rings is 1. The highest BCUT2D eigenvalue weighted by molar-refractivity contribution is 6.35. The summed E-state index contributed by atoms with van der Waals surface area (Å²) in [6.45, 7) is 4.14. The zero-order valence-electron chi connectivity index (χ0n) is 13.3. The molecule has 1 aromatic carbocycles. The maximum absolute atomic E-state index is 12.9. The topological polar surface area (TPSA) is 68.5 Å². The molecular formula is C17H17Cl2N3O2. The van der Waals surface area contributed by atoms with Crippen LogP contribution in [0.3, 0.4) is 0 Å². The first-order chi connectivity index (χ1) is 11.4. The molecule has 0 saturated heterocycles. The van der Waals surface area contributed by atoms with E-state index in [0.717, 1.165) is 5.56 Å². The smallest absolute Gasteiger partial charge is 0.269 e. The number of carbonyl (C=O) groups is 1. The molecule has 1 aliphatic heterocycles. The van der Waals surface area contributed by atoms with Crippen molar-refractivity contribution in [2.24, 2.45) is 5.92 Å². The molecule has 2 heterocycles. The first kappa shape index (κ1) is 16.9. The minimum absolute atomic E-state index is 0.0198. The normalized spacial score (nSPS) is 17.0. The highest BCUT2D eigenvalue weighted by Crippen LogP contribution is 2.36. The lowest BCUT2D eigenvalue weighted by Gasteiger charge is -2.35. The fraction of sp³-hybridized carbons (Fsp3) is 0.294. The number of ether oxygens (including phenoxy) is 1. The number of carbonyl (C=O) groups excluding carboxylic acids is 1. The summed E-state index contributed by atoms with van der Waals surface area (Å²) in [5, 5.41) is 1.04. The van der Waals surface area contributed by atoms with E-state index >= 15 is 0 Å². The van der Waals surface area contributed by atoms with E-state index in [-0.39, 0.29) is 18.4 Å². The van der Waals surface area contributed by atoms with Crippen LogP contribution >= 0.6 is 23.2 Å². The number of hydrogen-bond acceptors (Lipinski definition) is 4. The van der Waals surface area contributed by atoms with Gasteiger partial charge in [-0.3, -0.25) is 9.69 Å². The molecule has 0 saturated carbocycles. The van der Waals surface area contributed by atoms with E-state index in [1.54, 1.807) is 35.2 Å². The zero-order chi connectivity index (χ0) is 17.4. The van der Waals surface area contributed by atoms with Crippen molar-refractivity contribution in [2.45, 2.75) is 26.5 Å². The molecule has 7 heteroatoms. The van der Waals surface area contributed by atoms with Crippen molar-refractivity contribution in [3.05, 3.63) is 45.9 Å². The number of nitrogen functional groups attached to an aromatic ring is 1. The first-order valence-electron chi connectivity index (χ1n) is 7.55. The van der Waals surface area contributed by atoms with Gasteiger partial charge in [0, 0.05) is 10.0 Å². The summed E-state index contributed by atoms with van der Waals surface area (Å²) in [7, 11) is 0. The molecule has 2 aromatic rings. The van der Waals surface area contributed by atoms with Crippen molar-refractivity contribution in [3.8, 4) is 5.75 Å². The van der Waals surface area contributed by atoms with E-state index in [9.17, 15) is 4.79 Å². The van der Waals surface area contributed by atoms with Crippen molar-refractivity contribution in [2.75, 3.05) is 10.6 Å². The lowest BCUT2D eigenvalue weighted by Crippen LogP contribution is -2.48. The van der Waals surface area contributed by atoms with Crippen LogP contribution in [0.2, 0.25) is 10.0 Å². The predicted molar refractivity (Wildman–Crippen MR) is 95.6 cm³/mol. The van der Waals surface area contributed by atoms with Crippen LogP contribution in [0.5, 0.6) is 5.75 Å². The molecule has 1 aromatic heterocycles. The average Bonchev–Trinajstić information content (AvgIpc) is 2.51. The van der Waals surface area contributed by atoms with Gasteiger partial charge >= 0.3 is 0 Å². The Morgan fingerprint density at radius 1 is 1.29 bits per heavy atom. The number of fused-ring (bicyclic) bond motifs is 1. The molecule has 126 valence electrons. The fourth-order valence-electron chi connectivity index (χ4n) is 2.58. The lowest BCUT2D eigenvalue weighted by atomic mass is 10.0. The maximum atomic E-state index is 12.9. The van der Waals surface area contributed by atoms with Crippen LogP contribution < -0.4 is 15.4 Å². The Balaban J connectivity index is 2.03. The van der Waals surface area contributed by atoms with Crippen LogP contribution in [0.15, 0.2) is 30.3 Å². The van der Waals surface area contributed by atoms with Gasteiger partial charge in [0.05, 0.1) is 6.54 Å². The van der Waals surface area contributed by atoms with Crippen LogP contribution in [0.25, 0.3) is 0 Å². The van der Waals surface area contributed by atoms with Gasteiger partial charge in [-0.15, -0.1) is 0 Å². The van der Waals surface area contributed by atoms with Crippen LogP contribution in [-0.4, -0.2) is 17.0 Å². The Morgan fingerprint density at radius 3 is 2.71 bits per heavy atom. The molecule has 1 aliphatic rings. The van der Waals surface area contributed by atoms with Gasteiger partial charge in [0.25, 0.3) is 5.91 Å². The third-order valence-electron chi connectivity index (χ3n) is 3.83. The number of nitrogens with two attached hydrogens (primary N) is 1. The van der Waals surface area contributed by atoms with Crippen molar-refractivity contribution in [1.29, 1.82) is 0 Å². The van der Waals surface area contributed by atoms with E-state index in [2.05, 4.69) is 4.98 Å². The number of nitrogens with zero attached hydrogens (tertiary/aromatic N) is 2. The van der Waals surface area contributed by atoms with Crippen molar-refractivity contribution in [3.63, 3.8) is 0 Å². The zero-order valence-corrected chi connectivity index (χ0v) is 14.8. The second-order valence-electron chi connectivity index (χ2n) is 6.00. The van der Waals surface area contributed by atoms with E-state index in [0.29, 0.717) is 27.4 Å². The molecule has 0 fully saturated rings. The molecule has 1 unspecified atom stereocenters. The van der Waals surface area contributed by atoms with E-state index in [1.165, 1.54) is 0 Å². The van der Waals surface area contributed by atoms with Crippen molar-refractivity contribution >= 4 is 40.7 Å². The van der Waals surface area contributed by atoms with Crippen LogP contribution in [0.4, 0.5) is 11.6 Å². The number of aromatic nitrogens is 1. The Hall–Kier alpha value is -1.98. The van der Waals surface area contributed by atoms with Crippen molar-refractivity contribution in [1.82, 2.24) is 4.98 Å². The molecule has 0 aliphatic carbocycles. The number of pyridine rings is 1. The van der Waals surface area contributed by atoms with E-state index in [1.807, 2.05) is 13.8 Å². The fourth-order valence-corrected chi connectivity index (χ4v) is 3.04. The van der Waals surface area contributed by atoms with Gasteiger partial charge in [0.15, 0.2) is 17.7 Å². The van der Waals surface area contributed by atoms with E-state index < -0.39 is 6.10 Å². The molecule has 2 N–H and O–H groups in total. The summed E-state index contributed by atoms with van der Waals surface area (Å²) < 4.78 is 5.81. The standard InChI is InChI=1S/C17H17Cl2N3O2/c1-9(2)15-17(23)22(8-10-3-4-11(18)7-12(10)19)16-13(24-15)5-6-14(20)21-16/h3-7,9,15H,8H2,1-2H3,(H2,20,21).